The van der Waals surface area contributed by atoms with Crippen molar-refractivity contribution in [3.63, 3.8) is 0 Å². The molecule has 0 radical (unpaired) electrons. The molecule has 0 aliphatic carbocycles. The Morgan fingerprint density at radius 3 is 1.51 bits per heavy atom. The first-order chi connectivity index (χ1) is 22.3. The van der Waals surface area contributed by atoms with Crippen molar-refractivity contribution >= 4 is 11.1 Å². The zero-order valence-corrected chi connectivity index (χ0v) is 24.3. The van der Waals surface area contributed by atoms with E-state index in [-0.39, 0.29) is 0 Å². The predicted octanol–water partition coefficient (Wildman–Crippen LogP) is 10.6. The Morgan fingerprint density at radius 2 is 0.844 bits per heavy atom. The normalized spacial score (nSPS) is 11.1. The molecule has 0 bridgehead atoms. The second-order valence-corrected chi connectivity index (χ2v) is 10.9. The monoisotopic (exact) mass is 577 g/mol. The van der Waals surface area contributed by atoms with Crippen molar-refractivity contribution in [1.82, 2.24) is 15.0 Å². The minimum Gasteiger partial charge on any atom is -0.435 e. The van der Waals surface area contributed by atoms with Crippen molar-refractivity contribution in [2.24, 2.45) is 0 Å². The van der Waals surface area contributed by atoms with Crippen LogP contribution in [0.15, 0.2) is 168 Å². The summed E-state index contributed by atoms with van der Waals surface area (Å²) in [6.07, 6.45) is 0. The summed E-state index contributed by atoms with van der Waals surface area (Å²) < 4.78 is 6.41. The fourth-order valence-corrected chi connectivity index (χ4v) is 5.71. The van der Waals surface area contributed by atoms with Crippen molar-refractivity contribution in [2.45, 2.75) is 0 Å². The third-order valence-electron chi connectivity index (χ3n) is 7.98. The van der Waals surface area contributed by atoms with E-state index in [0.29, 0.717) is 11.7 Å². The molecule has 2 aromatic heterocycles. The lowest BCUT2D eigenvalue weighted by Crippen LogP contribution is -1.97. The van der Waals surface area contributed by atoms with Crippen LogP contribution in [0.1, 0.15) is 0 Å². The Morgan fingerprint density at radius 1 is 0.356 bits per heavy atom. The maximum absolute atomic E-state index is 6.41. The molecule has 0 aliphatic rings. The molecule has 0 N–H and O–H groups in total. The highest BCUT2D eigenvalue weighted by Crippen LogP contribution is 2.38. The average Bonchev–Trinajstić information content (AvgIpc) is 3.58. The molecule has 4 heteroatoms. The zero-order chi connectivity index (χ0) is 30.0. The second-order valence-electron chi connectivity index (χ2n) is 10.9. The van der Waals surface area contributed by atoms with E-state index in [0.717, 1.165) is 61.4 Å². The molecule has 8 aromatic rings. The van der Waals surface area contributed by atoms with Gasteiger partial charge in [0.15, 0.2) is 11.4 Å². The summed E-state index contributed by atoms with van der Waals surface area (Å²) in [7, 11) is 0. The highest BCUT2D eigenvalue weighted by atomic mass is 16.3. The lowest BCUT2D eigenvalue weighted by molar-refractivity contribution is 0.621. The fraction of sp³-hybridized carbons (Fsp3) is 0. The molecule has 0 aliphatic heterocycles. The molecule has 45 heavy (non-hydrogen) atoms. The zero-order valence-electron chi connectivity index (χ0n) is 24.3. The molecule has 0 amide bonds. The van der Waals surface area contributed by atoms with Crippen LogP contribution in [0.5, 0.6) is 0 Å². The van der Waals surface area contributed by atoms with E-state index in [2.05, 4.69) is 84.9 Å². The Bertz CT molecular complexity index is 2240. The summed E-state index contributed by atoms with van der Waals surface area (Å²) in [5, 5.41) is 0. The summed E-state index contributed by atoms with van der Waals surface area (Å²) in [5.41, 5.74) is 11.5. The largest absolute Gasteiger partial charge is 0.435 e. The van der Waals surface area contributed by atoms with Crippen LogP contribution in [-0.4, -0.2) is 15.0 Å². The summed E-state index contributed by atoms with van der Waals surface area (Å²) in [6.45, 7) is 0. The first-order valence-electron chi connectivity index (χ1n) is 15.0. The molecule has 0 spiro atoms. The molecular formula is C41H27N3O. The molecule has 4 nitrogen and oxygen atoms in total. The first kappa shape index (κ1) is 26.5. The SMILES string of the molecule is c1ccc(-c2ccc(-c3cc(-c4ccccc4)nc(-c4ccccc4-c4cccc5nc(-c6ccccc6)oc45)n3)cc2)cc1. The molecule has 6 aromatic carbocycles. The van der Waals surface area contributed by atoms with Gasteiger partial charge in [-0.05, 0) is 41.0 Å². The number of hydrogen-bond acceptors (Lipinski definition) is 4. The molecule has 0 fully saturated rings. The molecule has 0 saturated heterocycles. The van der Waals surface area contributed by atoms with Gasteiger partial charge < -0.3 is 4.42 Å². The van der Waals surface area contributed by atoms with Crippen LogP contribution < -0.4 is 0 Å². The van der Waals surface area contributed by atoms with Crippen molar-refractivity contribution in [2.75, 3.05) is 0 Å². The number of aromatic nitrogens is 3. The molecule has 2 heterocycles. The third kappa shape index (κ3) is 5.19. The van der Waals surface area contributed by atoms with Crippen LogP contribution in [0.25, 0.3) is 78.7 Å². The van der Waals surface area contributed by atoms with Gasteiger partial charge in [0.05, 0.1) is 11.4 Å². The summed E-state index contributed by atoms with van der Waals surface area (Å²) in [4.78, 5) is 15.1. The lowest BCUT2D eigenvalue weighted by Gasteiger charge is -2.13. The van der Waals surface area contributed by atoms with Gasteiger partial charge in [0.2, 0.25) is 5.89 Å². The smallest absolute Gasteiger partial charge is 0.227 e. The van der Waals surface area contributed by atoms with Gasteiger partial charge in [-0.3, -0.25) is 0 Å². The second kappa shape index (κ2) is 11.5. The molecular weight excluding hydrogens is 550 g/mol. The molecule has 0 unspecified atom stereocenters. The predicted molar refractivity (Wildman–Crippen MR) is 182 cm³/mol. The Kier molecular flexibility index (Phi) is 6.78. The van der Waals surface area contributed by atoms with Gasteiger partial charge in [0.1, 0.15) is 5.52 Å². The first-order valence-corrected chi connectivity index (χ1v) is 15.0. The Hall–Kier alpha value is -6.13. The molecule has 0 atom stereocenters. The van der Waals surface area contributed by atoms with Crippen LogP contribution in [0, 0.1) is 0 Å². The van der Waals surface area contributed by atoms with Crippen molar-refractivity contribution in [3.05, 3.63) is 164 Å². The number of hydrogen-bond donors (Lipinski definition) is 0. The fourth-order valence-electron chi connectivity index (χ4n) is 5.71. The number of benzene rings is 6. The maximum Gasteiger partial charge on any atom is 0.227 e. The standard InChI is InChI=1S/C41H27N3O/c1-4-13-28(14-5-1)29-23-25-31(26-24-29)38-27-37(30-15-6-2-7-16-30)42-40(43-38)35-20-11-10-19-33(35)34-21-12-22-36-39(34)45-41(44-36)32-17-8-3-9-18-32/h1-27H. The highest BCUT2D eigenvalue weighted by Gasteiger charge is 2.18. The van der Waals surface area contributed by atoms with Crippen LogP contribution in [0.4, 0.5) is 0 Å². The molecule has 212 valence electrons. The number of para-hydroxylation sites is 1. The maximum atomic E-state index is 6.41. The number of rotatable bonds is 6. The van der Waals surface area contributed by atoms with Crippen LogP contribution in [0.2, 0.25) is 0 Å². The van der Waals surface area contributed by atoms with Gasteiger partial charge in [-0.1, -0.05) is 140 Å². The Balaban J connectivity index is 1.28. The van der Waals surface area contributed by atoms with E-state index in [1.165, 1.54) is 5.56 Å². The quantitative estimate of drug-likeness (QED) is 0.197. The van der Waals surface area contributed by atoms with Crippen molar-refractivity contribution in [1.29, 1.82) is 0 Å². The van der Waals surface area contributed by atoms with Gasteiger partial charge >= 0.3 is 0 Å². The van der Waals surface area contributed by atoms with E-state index < -0.39 is 0 Å². The van der Waals surface area contributed by atoms with Gasteiger partial charge in [0, 0.05) is 27.8 Å². The van der Waals surface area contributed by atoms with Gasteiger partial charge in [-0.25, -0.2) is 15.0 Å². The van der Waals surface area contributed by atoms with E-state index in [1.54, 1.807) is 0 Å². The summed E-state index contributed by atoms with van der Waals surface area (Å²) in [5.74, 6) is 1.24. The van der Waals surface area contributed by atoms with E-state index >= 15 is 0 Å². The van der Waals surface area contributed by atoms with Crippen molar-refractivity contribution < 1.29 is 4.42 Å². The van der Waals surface area contributed by atoms with Crippen LogP contribution in [0.3, 0.4) is 0 Å². The minimum atomic E-state index is 0.596. The molecule has 0 saturated carbocycles. The third-order valence-corrected chi connectivity index (χ3v) is 7.98. The minimum absolute atomic E-state index is 0.596. The van der Waals surface area contributed by atoms with Crippen LogP contribution >= 0.6 is 0 Å². The van der Waals surface area contributed by atoms with Gasteiger partial charge in [-0.15, -0.1) is 0 Å². The molecule has 8 rings (SSSR count). The van der Waals surface area contributed by atoms with Crippen LogP contribution in [-0.2, 0) is 0 Å². The van der Waals surface area contributed by atoms with Gasteiger partial charge in [-0.2, -0.15) is 0 Å². The van der Waals surface area contributed by atoms with E-state index in [9.17, 15) is 0 Å². The average molecular weight is 578 g/mol. The number of fused-ring (bicyclic) bond motifs is 1. The lowest BCUT2D eigenvalue weighted by atomic mass is 9.97. The van der Waals surface area contributed by atoms with E-state index in [4.69, 9.17) is 19.4 Å². The van der Waals surface area contributed by atoms with E-state index in [1.807, 2.05) is 78.9 Å². The Labute approximate surface area is 261 Å². The number of oxazole rings is 1. The highest BCUT2D eigenvalue weighted by molar-refractivity contribution is 5.96. The summed E-state index contributed by atoms with van der Waals surface area (Å²) in [6, 6.07) is 55.6. The summed E-state index contributed by atoms with van der Waals surface area (Å²) >= 11 is 0. The van der Waals surface area contributed by atoms with Gasteiger partial charge in [0.25, 0.3) is 0 Å². The topological polar surface area (TPSA) is 51.8 Å². The number of nitrogens with zero attached hydrogens (tertiary/aromatic N) is 3. The van der Waals surface area contributed by atoms with Crippen molar-refractivity contribution in [3.8, 4) is 67.6 Å².